The molecule has 1 aromatic rings. The molecular weight excluding hydrogens is 282 g/mol. The zero-order chi connectivity index (χ0) is 16.2. The molecule has 0 spiro atoms. The monoisotopic (exact) mass is 307 g/mol. The number of nitrogens with zero attached hydrogens (tertiary/aromatic N) is 1. The second-order valence-electron chi connectivity index (χ2n) is 6.42. The van der Waals surface area contributed by atoms with E-state index >= 15 is 0 Å². The summed E-state index contributed by atoms with van der Waals surface area (Å²) in [5, 5.41) is 19.2. The average Bonchev–Trinajstić information content (AvgIpc) is 2.52. The fraction of sp³-hybridized carbons (Fsp3) is 0.588. The molecule has 0 saturated carbocycles. The van der Waals surface area contributed by atoms with Gasteiger partial charge in [0.2, 0.25) is 0 Å². The third-order valence-corrected chi connectivity index (χ3v) is 3.90. The predicted molar refractivity (Wildman–Crippen MR) is 83.8 cm³/mol. The van der Waals surface area contributed by atoms with Crippen LogP contribution in [0.25, 0.3) is 0 Å². The quantitative estimate of drug-likeness (QED) is 0.858. The number of morpholine rings is 1. The van der Waals surface area contributed by atoms with E-state index in [1.165, 1.54) is 0 Å². The lowest BCUT2D eigenvalue weighted by atomic mass is 9.97. The summed E-state index contributed by atoms with van der Waals surface area (Å²) in [4.78, 5) is 14.3. The highest BCUT2D eigenvalue weighted by Crippen LogP contribution is 2.17. The summed E-state index contributed by atoms with van der Waals surface area (Å²) >= 11 is 0. The van der Waals surface area contributed by atoms with Crippen molar-refractivity contribution in [1.29, 1.82) is 0 Å². The molecule has 0 unspecified atom stereocenters. The van der Waals surface area contributed by atoms with Gasteiger partial charge in [-0.2, -0.15) is 0 Å². The van der Waals surface area contributed by atoms with Gasteiger partial charge in [-0.3, -0.25) is 4.79 Å². The van der Waals surface area contributed by atoms with Gasteiger partial charge < -0.3 is 19.8 Å². The number of rotatable bonds is 5. The lowest BCUT2D eigenvalue weighted by Crippen LogP contribution is -2.50. The predicted octanol–water partition coefficient (Wildman–Crippen LogP) is 1.22. The Morgan fingerprint density at radius 2 is 2.23 bits per heavy atom. The van der Waals surface area contributed by atoms with Crippen LogP contribution in [-0.4, -0.2) is 59.0 Å². The van der Waals surface area contributed by atoms with Crippen LogP contribution in [0, 0.1) is 0 Å². The number of aryl methyl sites for hydroxylation is 1. The summed E-state index contributed by atoms with van der Waals surface area (Å²) in [6.07, 6.45) is 1.36. The van der Waals surface area contributed by atoms with Gasteiger partial charge in [0.1, 0.15) is 0 Å². The number of carbonyl (C=O) groups excluding carboxylic acids is 1. The first-order chi connectivity index (χ1) is 10.4. The molecule has 2 rings (SSSR count). The molecule has 1 saturated heterocycles. The van der Waals surface area contributed by atoms with Gasteiger partial charge in [-0.15, -0.1) is 0 Å². The van der Waals surface area contributed by atoms with Gasteiger partial charge in [0.25, 0.3) is 5.91 Å². The van der Waals surface area contributed by atoms with Crippen molar-refractivity contribution < 1.29 is 19.7 Å². The zero-order valence-electron chi connectivity index (χ0n) is 13.3. The number of aliphatic hydroxyl groups is 2. The first kappa shape index (κ1) is 16.9. The molecule has 5 heteroatoms. The minimum Gasteiger partial charge on any atom is -0.394 e. The standard InChI is InChI=1S/C17H25NO4/c1-17(2,21)7-6-13-4-3-5-14(10-13)16(20)18-8-9-22-12-15(18)11-19/h3-5,10,15,19,21H,6-9,11-12H2,1-2H3/t15-/m0/s1. The smallest absolute Gasteiger partial charge is 0.254 e. The Hall–Kier alpha value is -1.43. The maximum atomic E-state index is 12.6. The van der Waals surface area contributed by atoms with Crippen LogP contribution < -0.4 is 0 Å². The highest BCUT2D eigenvalue weighted by Gasteiger charge is 2.27. The van der Waals surface area contributed by atoms with E-state index in [1.807, 2.05) is 18.2 Å². The second-order valence-corrected chi connectivity index (χ2v) is 6.42. The average molecular weight is 307 g/mol. The molecular formula is C17H25NO4. The lowest BCUT2D eigenvalue weighted by molar-refractivity contribution is -0.0183. The Kier molecular flexibility index (Phi) is 5.56. The Labute approximate surface area is 131 Å². The lowest BCUT2D eigenvalue weighted by Gasteiger charge is -2.34. The van der Waals surface area contributed by atoms with Crippen molar-refractivity contribution in [2.75, 3.05) is 26.4 Å². The van der Waals surface area contributed by atoms with Crippen molar-refractivity contribution in [1.82, 2.24) is 4.90 Å². The molecule has 1 atom stereocenters. The van der Waals surface area contributed by atoms with E-state index in [9.17, 15) is 15.0 Å². The van der Waals surface area contributed by atoms with Crippen molar-refractivity contribution in [3.05, 3.63) is 35.4 Å². The minimum absolute atomic E-state index is 0.0764. The van der Waals surface area contributed by atoms with Gasteiger partial charge in [-0.25, -0.2) is 0 Å². The molecule has 1 aromatic carbocycles. The number of carbonyl (C=O) groups is 1. The minimum atomic E-state index is -0.716. The van der Waals surface area contributed by atoms with Crippen LogP contribution >= 0.6 is 0 Å². The van der Waals surface area contributed by atoms with E-state index in [1.54, 1.807) is 24.8 Å². The Morgan fingerprint density at radius 1 is 1.45 bits per heavy atom. The fourth-order valence-corrected chi connectivity index (χ4v) is 2.55. The van der Waals surface area contributed by atoms with Gasteiger partial charge in [-0.1, -0.05) is 12.1 Å². The van der Waals surface area contributed by atoms with E-state index in [0.29, 0.717) is 31.7 Å². The summed E-state index contributed by atoms with van der Waals surface area (Å²) < 4.78 is 5.31. The van der Waals surface area contributed by atoms with Gasteiger partial charge in [0.15, 0.2) is 0 Å². The number of hydrogen-bond acceptors (Lipinski definition) is 4. The molecule has 5 nitrogen and oxygen atoms in total. The molecule has 22 heavy (non-hydrogen) atoms. The Balaban J connectivity index is 2.09. The van der Waals surface area contributed by atoms with Crippen molar-refractivity contribution in [2.24, 2.45) is 0 Å². The molecule has 1 fully saturated rings. The third kappa shape index (κ3) is 4.53. The van der Waals surface area contributed by atoms with Crippen molar-refractivity contribution in [2.45, 2.75) is 38.3 Å². The molecule has 0 radical (unpaired) electrons. The second kappa shape index (κ2) is 7.22. The van der Waals surface area contributed by atoms with Gasteiger partial charge in [0.05, 0.1) is 31.5 Å². The SMILES string of the molecule is CC(C)(O)CCc1cccc(C(=O)N2CCOC[C@@H]2CO)c1. The fourth-order valence-electron chi connectivity index (χ4n) is 2.55. The molecule has 0 aromatic heterocycles. The summed E-state index contributed by atoms with van der Waals surface area (Å²) in [6.45, 7) is 4.84. The van der Waals surface area contributed by atoms with Crippen molar-refractivity contribution >= 4 is 5.91 Å². The summed E-state index contributed by atoms with van der Waals surface area (Å²) in [6, 6.07) is 7.21. The van der Waals surface area contributed by atoms with E-state index in [4.69, 9.17) is 4.74 Å². The summed E-state index contributed by atoms with van der Waals surface area (Å²) in [5.41, 5.74) is 0.932. The van der Waals surface area contributed by atoms with E-state index < -0.39 is 5.60 Å². The van der Waals surface area contributed by atoms with Crippen LogP contribution in [0.2, 0.25) is 0 Å². The number of benzene rings is 1. The summed E-state index contributed by atoms with van der Waals surface area (Å²) in [7, 11) is 0. The van der Waals surface area contributed by atoms with Crippen molar-refractivity contribution in [3.63, 3.8) is 0 Å². The van der Waals surface area contributed by atoms with E-state index in [0.717, 1.165) is 12.0 Å². The number of aliphatic hydroxyl groups excluding tert-OH is 1. The van der Waals surface area contributed by atoms with Gasteiger partial charge >= 0.3 is 0 Å². The molecule has 122 valence electrons. The number of amides is 1. The van der Waals surface area contributed by atoms with Crippen LogP contribution in [0.15, 0.2) is 24.3 Å². The highest BCUT2D eigenvalue weighted by atomic mass is 16.5. The van der Waals surface area contributed by atoms with Crippen LogP contribution in [0.5, 0.6) is 0 Å². The summed E-state index contributed by atoms with van der Waals surface area (Å²) in [5.74, 6) is -0.0764. The van der Waals surface area contributed by atoms with Gasteiger partial charge in [-0.05, 0) is 44.4 Å². The molecule has 1 amide bonds. The van der Waals surface area contributed by atoms with Crippen LogP contribution in [0.1, 0.15) is 36.2 Å². The van der Waals surface area contributed by atoms with Crippen LogP contribution in [-0.2, 0) is 11.2 Å². The van der Waals surface area contributed by atoms with Crippen molar-refractivity contribution in [3.8, 4) is 0 Å². The molecule has 1 aliphatic rings. The molecule has 2 N–H and O–H groups in total. The number of ether oxygens (including phenoxy) is 1. The molecule has 0 bridgehead atoms. The van der Waals surface area contributed by atoms with E-state index in [-0.39, 0.29) is 18.6 Å². The Morgan fingerprint density at radius 3 is 2.91 bits per heavy atom. The number of hydrogen-bond donors (Lipinski definition) is 2. The van der Waals surface area contributed by atoms with Crippen LogP contribution in [0.4, 0.5) is 0 Å². The van der Waals surface area contributed by atoms with Crippen LogP contribution in [0.3, 0.4) is 0 Å². The maximum Gasteiger partial charge on any atom is 0.254 e. The highest BCUT2D eigenvalue weighted by molar-refractivity contribution is 5.94. The topological polar surface area (TPSA) is 70.0 Å². The normalized spacial score (nSPS) is 19.3. The zero-order valence-corrected chi connectivity index (χ0v) is 13.3. The first-order valence-electron chi connectivity index (χ1n) is 7.71. The largest absolute Gasteiger partial charge is 0.394 e. The van der Waals surface area contributed by atoms with Gasteiger partial charge in [0, 0.05) is 12.1 Å². The third-order valence-electron chi connectivity index (χ3n) is 3.90. The molecule has 1 aliphatic heterocycles. The van der Waals surface area contributed by atoms with E-state index in [2.05, 4.69) is 0 Å². The molecule has 1 heterocycles. The first-order valence-corrected chi connectivity index (χ1v) is 7.71. The maximum absolute atomic E-state index is 12.6. The molecule has 0 aliphatic carbocycles. The Bertz CT molecular complexity index is 510.